The molecule has 0 fully saturated rings. The Labute approximate surface area is 128 Å². The number of hydrogen-bond acceptors (Lipinski definition) is 4. The van der Waals surface area contributed by atoms with Gasteiger partial charge in [-0.2, -0.15) is 0 Å². The molecular formula is C18H15NO3. The van der Waals surface area contributed by atoms with E-state index >= 15 is 0 Å². The lowest BCUT2D eigenvalue weighted by atomic mass is 10.0. The molecule has 0 amide bonds. The van der Waals surface area contributed by atoms with E-state index in [2.05, 4.69) is 4.98 Å². The highest BCUT2D eigenvalue weighted by Gasteiger charge is 2.19. The van der Waals surface area contributed by atoms with Crippen LogP contribution in [0.4, 0.5) is 0 Å². The highest BCUT2D eigenvalue weighted by Crippen LogP contribution is 2.27. The number of hydrogen-bond donors (Lipinski definition) is 0. The van der Waals surface area contributed by atoms with Gasteiger partial charge in [0.05, 0.1) is 6.61 Å². The van der Waals surface area contributed by atoms with Crippen molar-refractivity contribution in [3.63, 3.8) is 0 Å². The van der Waals surface area contributed by atoms with Crippen molar-refractivity contribution in [1.29, 1.82) is 0 Å². The Kier molecular flexibility index (Phi) is 4.01. The molecule has 22 heavy (non-hydrogen) atoms. The summed E-state index contributed by atoms with van der Waals surface area (Å²) in [6.45, 7) is 2.06. The van der Waals surface area contributed by atoms with Gasteiger partial charge >= 0.3 is 5.97 Å². The monoisotopic (exact) mass is 293 g/mol. The number of nitrogens with zero attached hydrogens (tertiary/aromatic N) is 1. The van der Waals surface area contributed by atoms with Gasteiger partial charge in [-0.05, 0) is 18.1 Å². The molecule has 0 unspecified atom stereocenters. The zero-order valence-corrected chi connectivity index (χ0v) is 12.2. The summed E-state index contributed by atoms with van der Waals surface area (Å²) in [5, 5.41) is 0. The van der Waals surface area contributed by atoms with Crippen molar-refractivity contribution in [2.75, 3.05) is 6.61 Å². The van der Waals surface area contributed by atoms with Crippen molar-refractivity contribution in [2.45, 2.75) is 6.92 Å². The highest BCUT2D eigenvalue weighted by molar-refractivity contribution is 5.93. The van der Waals surface area contributed by atoms with Crippen LogP contribution >= 0.6 is 0 Å². The van der Waals surface area contributed by atoms with E-state index in [0.717, 1.165) is 16.7 Å². The molecule has 0 saturated carbocycles. The zero-order chi connectivity index (χ0) is 15.4. The lowest BCUT2D eigenvalue weighted by Crippen LogP contribution is -2.06. The van der Waals surface area contributed by atoms with E-state index in [1.165, 1.54) is 6.39 Å². The summed E-state index contributed by atoms with van der Waals surface area (Å²) in [6, 6.07) is 17.9. The molecule has 4 nitrogen and oxygen atoms in total. The first kappa shape index (κ1) is 14.1. The molecule has 4 heteroatoms. The molecule has 110 valence electrons. The van der Waals surface area contributed by atoms with Crippen LogP contribution in [0.1, 0.15) is 17.4 Å². The molecule has 0 atom stereocenters. The van der Waals surface area contributed by atoms with Crippen LogP contribution in [0.25, 0.3) is 22.5 Å². The molecule has 1 aromatic heterocycles. The summed E-state index contributed by atoms with van der Waals surface area (Å²) in [7, 11) is 0. The van der Waals surface area contributed by atoms with Gasteiger partial charge in [0.1, 0.15) is 0 Å². The van der Waals surface area contributed by atoms with E-state index in [0.29, 0.717) is 12.4 Å². The zero-order valence-electron chi connectivity index (χ0n) is 12.2. The van der Waals surface area contributed by atoms with Crippen LogP contribution in [-0.2, 0) is 4.74 Å². The van der Waals surface area contributed by atoms with E-state index in [1.54, 1.807) is 6.92 Å². The van der Waals surface area contributed by atoms with Crippen molar-refractivity contribution in [3.8, 4) is 22.5 Å². The fraction of sp³-hybridized carbons (Fsp3) is 0.111. The molecule has 1 heterocycles. The molecule has 0 N–H and O–H groups in total. The van der Waals surface area contributed by atoms with Crippen LogP contribution in [0, 0.1) is 0 Å². The summed E-state index contributed by atoms with van der Waals surface area (Å²) in [4.78, 5) is 15.8. The van der Waals surface area contributed by atoms with Crippen molar-refractivity contribution in [1.82, 2.24) is 4.98 Å². The second kappa shape index (κ2) is 6.26. The van der Waals surface area contributed by atoms with E-state index < -0.39 is 5.97 Å². The van der Waals surface area contributed by atoms with Gasteiger partial charge in [-0.1, -0.05) is 54.6 Å². The van der Waals surface area contributed by atoms with Gasteiger partial charge in [0.2, 0.25) is 0 Å². The molecule has 0 spiro atoms. The summed E-state index contributed by atoms with van der Waals surface area (Å²) in [5.74, 6) is -0.0450. The maximum absolute atomic E-state index is 11.8. The quantitative estimate of drug-likeness (QED) is 0.677. The summed E-state index contributed by atoms with van der Waals surface area (Å²) in [5.41, 5.74) is 3.23. The molecule has 3 aromatic rings. The SMILES string of the molecule is CCOC(=O)c1ncoc1-c1ccc(-c2ccccc2)cc1. The third-order valence-electron chi connectivity index (χ3n) is 3.29. The number of esters is 1. The van der Waals surface area contributed by atoms with Gasteiger partial charge < -0.3 is 9.15 Å². The minimum atomic E-state index is -0.474. The van der Waals surface area contributed by atoms with Crippen LogP contribution in [0.5, 0.6) is 0 Å². The van der Waals surface area contributed by atoms with E-state index in [9.17, 15) is 4.79 Å². The van der Waals surface area contributed by atoms with Crippen LogP contribution in [-0.4, -0.2) is 17.6 Å². The Morgan fingerprint density at radius 2 is 1.64 bits per heavy atom. The minimum Gasteiger partial charge on any atom is -0.461 e. The summed E-state index contributed by atoms with van der Waals surface area (Å²) < 4.78 is 10.3. The van der Waals surface area contributed by atoms with E-state index in [-0.39, 0.29) is 5.69 Å². The van der Waals surface area contributed by atoms with Gasteiger partial charge in [-0.3, -0.25) is 0 Å². The average Bonchev–Trinajstić information content (AvgIpc) is 3.06. The Morgan fingerprint density at radius 3 is 2.32 bits per heavy atom. The first-order chi connectivity index (χ1) is 10.8. The van der Waals surface area contributed by atoms with Crippen molar-refractivity contribution < 1.29 is 13.9 Å². The smallest absolute Gasteiger partial charge is 0.360 e. The lowest BCUT2D eigenvalue weighted by Gasteiger charge is -2.04. The first-order valence-electron chi connectivity index (χ1n) is 7.06. The molecular weight excluding hydrogens is 278 g/mol. The number of ether oxygens (including phenoxy) is 1. The molecule has 0 radical (unpaired) electrons. The van der Waals surface area contributed by atoms with Crippen LogP contribution in [0.15, 0.2) is 65.4 Å². The number of oxazole rings is 1. The van der Waals surface area contributed by atoms with Gasteiger partial charge in [0.15, 0.2) is 17.8 Å². The molecule has 0 aliphatic rings. The third-order valence-corrected chi connectivity index (χ3v) is 3.29. The van der Waals surface area contributed by atoms with Crippen molar-refractivity contribution in [2.24, 2.45) is 0 Å². The maximum Gasteiger partial charge on any atom is 0.360 e. The second-order valence-electron chi connectivity index (χ2n) is 4.69. The molecule has 0 bridgehead atoms. The summed E-state index contributed by atoms with van der Waals surface area (Å²) in [6.07, 6.45) is 1.26. The number of benzene rings is 2. The standard InChI is InChI=1S/C18H15NO3/c1-2-21-18(20)16-17(22-12-19-16)15-10-8-14(9-11-15)13-6-4-3-5-7-13/h3-12H,2H2,1H3. The van der Waals surface area contributed by atoms with Gasteiger partial charge in [-0.25, -0.2) is 9.78 Å². The molecule has 0 saturated heterocycles. The second-order valence-corrected chi connectivity index (χ2v) is 4.69. The predicted molar refractivity (Wildman–Crippen MR) is 83.3 cm³/mol. The largest absolute Gasteiger partial charge is 0.461 e. The Morgan fingerprint density at radius 1 is 1.00 bits per heavy atom. The molecule has 0 aliphatic carbocycles. The topological polar surface area (TPSA) is 52.3 Å². The van der Waals surface area contributed by atoms with Crippen LogP contribution in [0.2, 0.25) is 0 Å². The summed E-state index contributed by atoms with van der Waals surface area (Å²) >= 11 is 0. The Hall–Kier alpha value is -2.88. The molecule has 0 aliphatic heterocycles. The Balaban J connectivity index is 1.91. The highest BCUT2D eigenvalue weighted by atomic mass is 16.5. The van der Waals surface area contributed by atoms with Crippen LogP contribution in [0.3, 0.4) is 0 Å². The fourth-order valence-electron chi connectivity index (χ4n) is 2.24. The Bertz CT molecular complexity index is 761. The number of carbonyl (C=O) groups is 1. The first-order valence-corrected chi connectivity index (χ1v) is 7.06. The molecule has 3 rings (SSSR count). The van der Waals surface area contributed by atoms with Gasteiger partial charge in [0.25, 0.3) is 0 Å². The minimum absolute atomic E-state index is 0.203. The normalized spacial score (nSPS) is 10.4. The van der Waals surface area contributed by atoms with E-state index in [1.807, 2.05) is 54.6 Å². The predicted octanol–water partition coefficient (Wildman–Crippen LogP) is 4.19. The average molecular weight is 293 g/mol. The van der Waals surface area contributed by atoms with Gasteiger partial charge in [-0.15, -0.1) is 0 Å². The fourth-order valence-corrected chi connectivity index (χ4v) is 2.24. The lowest BCUT2D eigenvalue weighted by molar-refractivity contribution is 0.0520. The number of rotatable bonds is 4. The van der Waals surface area contributed by atoms with Crippen molar-refractivity contribution in [3.05, 3.63) is 66.7 Å². The van der Waals surface area contributed by atoms with Gasteiger partial charge in [0, 0.05) is 5.56 Å². The van der Waals surface area contributed by atoms with Crippen molar-refractivity contribution >= 4 is 5.97 Å². The number of carbonyl (C=O) groups excluding carboxylic acids is 1. The number of aromatic nitrogens is 1. The third kappa shape index (κ3) is 2.76. The van der Waals surface area contributed by atoms with Crippen LogP contribution < -0.4 is 0 Å². The molecule has 2 aromatic carbocycles. The van der Waals surface area contributed by atoms with E-state index in [4.69, 9.17) is 9.15 Å². The maximum atomic E-state index is 11.8.